The Morgan fingerprint density at radius 2 is 2.21 bits per heavy atom. The van der Waals surface area contributed by atoms with Gasteiger partial charge in [-0.3, -0.25) is 0 Å². The summed E-state index contributed by atoms with van der Waals surface area (Å²) in [7, 11) is 0. The summed E-state index contributed by atoms with van der Waals surface area (Å²) in [5.74, 6) is -0.0941. The monoisotopic (exact) mass is 233 g/mol. The van der Waals surface area contributed by atoms with Crippen LogP contribution in [0.15, 0.2) is 17.0 Å². The van der Waals surface area contributed by atoms with Gasteiger partial charge >= 0.3 is 0 Å². The molecule has 0 aliphatic heterocycles. The predicted molar refractivity (Wildman–Crippen MR) is 60.6 cm³/mol. The lowest BCUT2D eigenvalue weighted by atomic mass is 10.0. The van der Waals surface area contributed by atoms with Crippen molar-refractivity contribution in [2.45, 2.75) is 18.2 Å². The summed E-state index contributed by atoms with van der Waals surface area (Å²) in [5, 5.41) is 0.122. The van der Waals surface area contributed by atoms with E-state index in [1.165, 1.54) is 0 Å². The highest BCUT2D eigenvalue weighted by molar-refractivity contribution is 7.80. The summed E-state index contributed by atoms with van der Waals surface area (Å²) in [6, 6.07) is 3.32. The van der Waals surface area contributed by atoms with Crippen molar-refractivity contribution < 1.29 is 4.39 Å². The maximum Gasteiger partial charge on any atom is 0.155 e. The Hall–Kier alpha value is -0.250. The molecule has 1 rings (SSSR count). The molecule has 0 amide bonds. The fourth-order valence-electron chi connectivity index (χ4n) is 1.23. The average Bonchev–Trinajstić information content (AvgIpc) is 2.14. The fourth-order valence-corrected chi connectivity index (χ4v) is 1.83. The number of hydrogen-bond acceptors (Lipinski definition) is 2. The molecule has 2 N–H and O–H groups in total. The first-order chi connectivity index (χ1) is 6.54. The molecule has 14 heavy (non-hydrogen) atoms. The first kappa shape index (κ1) is 11.8. The molecule has 0 saturated heterocycles. The Kier molecular flexibility index (Phi) is 4.23. The van der Waals surface area contributed by atoms with Crippen molar-refractivity contribution >= 4 is 24.2 Å². The summed E-state index contributed by atoms with van der Waals surface area (Å²) < 4.78 is 13.1. The summed E-state index contributed by atoms with van der Waals surface area (Å²) >= 11 is 9.69. The molecule has 0 aliphatic rings. The van der Waals surface area contributed by atoms with Crippen molar-refractivity contribution in [1.82, 2.24) is 0 Å². The molecule has 1 nitrogen and oxygen atoms in total. The zero-order valence-corrected chi connectivity index (χ0v) is 9.58. The lowest BCUT2D eigenvalue weighted by molar-refractivity contribution is 0.581. The van der Waals surface area contributed by atoms with Crippen LogP contribution in [0.5, 0.6) is 0 Å². The summed E-state index contributed by atoms with van der Waals surface area (Å²) in [5.41, 5.74) is 6.47. The molecule has 78 valence electrons. The summed E-state index contributed by atoms with van der Waals surface area (Å²) in [4.78, 5) is 0.289. The molecule has 0 saturated carbocycles. The van der Waals surface area contributed by atoms with E-state index in [4.69, 9.17) is 17.3 Å². The van der Waals surface area contributed by atoms with E-state index in [9.17, 15) is 4.39 Å². The van der Waals surface area contributed by atoms with Gasteiger partial charge in [0.15, 0.2) is 5.82 Å². The van der Waals surface area contributed by atoms with Crippen LogP contribution in [-0.2, 0) is 6.42 Å². The molecule has 1 aromatic rings. The first-order valence-electron chi connectivity index (χ1n) is 4.41. The van der Waals surface area contributed by atoms with Crippen molar-refractivity contribution in [1.29, 1.82) is 0 Å². The molecular weight excluding hydrogens is 221 g/mol. The van der Waals surface area contributed by atoms with Crippen molar-refractivity contribution in [2.24, 2.45) is 11.7 Å². The van der Waals surface area contributed by atoms with Crippen molar-refractivity contribution in [3.63, 3.8) is 0 Å². The SMILES string of the molecule is CC(CN)Cc1cc(S)c(F)c(Cl)c1. The first-order valence-corrected chi connectivity index (χ1v) is 5.24. The van der Waals surface area contributed by atoms with Crippen LogP contribution in [0.25, 0.3) is 0 Å². The third-order valence-electron chi connectivity index (χ3n) is 2.06. The summed E-state index contributed by atoms with van der Waals surface area (Å²) in [6.07, 6.45) is 0.796. The Bertz CT molecular complexity index is 307. The topological polar surface area (TPSA) is 26.0 Å². The van der Waals surface area contributed by atoms with Gasteiger partial charge in [0.1, 0.15) is 0 Å². The highest BCUT2D eigenvalue weighted by Gasteiger charge is 2.08. The van der Waals surface area contributed by atoms with Gasteiger partial charge < -0.3 is 5.73 Å². The number of nitrogens with two attached hydrogens (primary N) is 1. The molecule has 0 bridgehead atoms. The van der Waals surface area contributed by atoms with Gasteiger partial charge in [-0.15, -0.1) is 12.6 Å². The van der Waals surface area contributed by atoms with Crippen LogP contribution in [0.3, 0.4) is 0 Å². The second-order valence-corrected chi connectivity index (χ2v) is 4.34. The predicted octanol–water partition coefficient (Wildman–Crippen LogP) is 2.91. The Labute approximate surface area is 93.9 Å². The lowest BCUT2D eigenvalue weighted by Gasteiger charge is -2.09. The number of rotatable bonds is 3. The number of benzene rings is 1. The molecule has 0 heterocycles. The lowest BCUT2D eigenvalue weighted by Crippen LogP contribution is -2.13. The van der Waals surface area contributed by atoms with Gasteiger partial charge in [0, 0.05) is 4.90 Å². The van der Waals surface area contributed by atoms with Gasteiger partial charge in [-0.1, -0.05) is 18.5 Å². The van der Waals surface area contributed by atoms with Crippen LogP contribution in [0.4, 0.5) is 4.39 Å². The van der Waals surface area contributed by atoms with Crippen LogP contribution >= 0.6 is 24.2 Å². The minimum Gasteiger partial charge on any atom is -0.330 e. The maximum absolute atomic E-state index is 13.1. The smallest absolute Gasteiger partial charge is 0.155 e. The Morgan fingerprint density at radius 1 is 1.57 bits per heavy atom. The molecule has 4 heteroatoms. The van der Waals surface area contributed by atoms with Crippen LogP contribution in [-0.4, -0.2) is 6.54 Å². The number of hydrogen-bond donors (Lipinski definition) is 2. The van der Waals surface area contributed by atoms with E-state index in [-0.39, 0.29) is 9.92 Å². The molecule has 1 unspecified atom stereocenters. The molecule has 0 fully saturated rings. The van der Waals surface area contributed by atoms with Crippen LogP contribution in [0.1, 0.15) is 12.5 Å². The third-order valence-corrected chi connectivity index (χ3v) is 2.66. The van der Waals surface area contributed by atoms with E-state index in [2.05, 4.69) is 12.6 Å². The molecule has 0 spiro atoms. The van der Waals surface area contributed by atoms with E-state index >= 15 is 0 Å². The second-order valence-electron chi connectivity index (χ2n) is 3.46. The standard InChI is InChI=1S/C10H13ClFNS/c1-6(5-13)2-7-3-8(11)10(12)9(14)4-7/h3-4,6,14H,2,5,13H2,1H3. The van der Waals surface area contributed by atoms with E-state index in [1.807, 2.05) is 6.92 Å². The molecule has 1 aromatic carbocycles. The van der Waals surface area contributed by atoms with Crippen LogP contribution < -0.4 is 5.73 Å². The number of thiol groups is 1. The van der Waals surface area contributed by atoms with Crippen LogP contribution in [0.2, 0.25) is 5.02 Å². The largest absolute Gasteiger partial charge is 0.330 e. The fraction of sp³-hybridized carbons (Fsp3) is 0.400. The molecule has 0 aliphatic carbocycles. The van der Waals surface area contributed by atoms with Crippen LogP contribution in [0, 0.1) is 11.7 Å². The Morgan fingerprint density at radius 3 is 2.71 bits per heavy atom. The average molecular weight is 234 g/mol. The van der Waals surface area contributed by atoms with Gasteiger partial charge in [-0.2, -0.15) is 0 Å². The van der Waals surface area contributed by atoms with Crippen molar-refractivity contribution in [2.75, 3.05) is 6.54 Å². The van der Waals surface area contributed by atoms with Gasteiger partial charge in [0.05, 0.1) is 5.02 Å². The van der Waals surface area contributed by atoms with E-state index in [0.29, 0.717) is 12.5 Å². The van der Waals surface area contributed by atoms with E-state index in [0.717, 1.165) is 12.0 Å². The highest BCUT2D eigenvalue weighted by Crippen LogP contribution is 2.24. The molecular formula is C10H13ClFNS. The van der Waals surface area contributed by atoms with Crippen molar-refractivity contribution in [3.05, 3.63) is 28.5 Å². The zero-order valence-electron chi connectivity index (χ0n) is 7.93. The number of halogens is 2. The molecule has 1 atom stereocenters. The van der Waals surface area contributed by atoms with Gasteiger partial charge in [0.25, 0.3) is 0 Å². The minimum absolute atomic E-state index is 0.122. The second kappa shape index (κ2) is 5.01. The minimum atomic E-state index is -0.459. The van der Waals surface area contributed by atoms with Gasteiger partial charge in [-0.25, -0.2) is 4.39 Å². The molecule has 0 radical (unpaired) electrons. The maximum atomic E-state index is 13.1. The Balaban J connectivity index is 2.89. The normalized spacial score (nSPS) is 12.9. The van der Waals surface area contributed by atoms with E-state index in [1.54, 1.807) is 12.1 Å². The van der Waals surface area contributed by atoms with Crippen molar-refractivity contribution in [3.8, 4) is 0 Å². The summed E-state index contributed by atoms with van der Waals surface area (Å²) in [6.45, 7) is 2.65. The van der Waals surface area contributed by atoms with Gasteiger partial charge in [-0.05, 0) is 36.6 Å². The quantitative estimate of drug-likeness (QED) is 0.772. The van der Waals surface area contributed by atoms with Gasteiger partial charge in [0.2, 0.25) is 0 Å². The van der Waals surface area contributed by atoms with E-state index < -0.39 is 5.82 Å². The zero-order chi connectivity index (χ0) is 10.7. The third kappa shape index (κ3) is 2.87. The molecule has 0 aromatic heterocycles. The highest BCUT2D eigenvalue weighted by atomic mass is 35.5.